The quantitative estimate of drug-likeness (QED) is 0.657. The third-order valence-corrected chi connectivity index (χ3v) is 5.09. The van der Waals surface area contributed by atoms with E-state index in [1.54, 1.807) is 7.11 Å². The third kappa shape index (κ3) is 4.79. The van der Waals surface area contributed by atoms with Crippen molar-refractivity contribution in [3.8, 4) is 22.7 Å². The van der Waals surface area contributed by atoms with Gasteiger partial charge in [0, 0.05) is 12.1 Å². The van der Waals surface area contributed by atoms with Gasteiger partial charge in [0.2, 0.25) is 10.0 Å². The first-order valence-corrected chi connectivity index (χ1v) is 10.9. The van der Waals surface area contributed by atoms with Crippen LogP contribution in [0.25, 0.3) is 16.9 Å². The first-order chi connectivity index (χ1) is 13.3. The summed E-state index contributed by atoms with van der Waals surface area (Å²) >= 11 is 0. The van der Waals surface area contributed by atoms with Gasteiger partial charge in [-0.05, 0) is 41.8 Å². The molecule has 7 heteroatoms. The zero-order chi connectivity index (χ0) is 20.3. The highest BCUT2D eigenvalue weighted by atomic mass is 32.2. The molecule has 148 valence electrons. The molecule has 0 amide bonds. The summed E-state index contributed by atoms with van der Waals surface area (Å²) < 4.78 is 32.2. The maximum Gasteiger partial charge on any atom is 0.209 e. The van der Waals surface area contributed by atoms with Crippen LogP contribution < -0.4 is 9.46 Å². The smallest absolute Gasteiger partial charge is 0.209 e. The van der Waals surface area contributed by atoms with E-state index < -0.39 is 10.0 Å². The van der Waals surface area contributed by atoms with E-state index in [2.05, 4.69) is 24.6 Å². The highest BCUT2D eigenvalue weighted by molar-refractivity contribution is 7.88. The molecule has 0 aliphatic carbocycles. The lowest BCUT2D eigenvalue weighted by Crippen LogP contribution is -2.21. The van der Waals surface area contributed by atoms with Crippen molar-refractivity contribution in [3.63, 3.8) is 0 Å². The first kappa shape index (κ1) is 20.1. The van der Waals surface area contributed by atoms with Crippen molar-refractivity contribution >= 4 is 10.0 Å². The second-order valence-electron chi connectivity index (χ2n) is 7.01. The normalized spacial score (nSPS) is 11.8. The fourth-order valence-electron chi connectivity index (χ4n) is 2.82. The Morgan fingerprint density at radius 2 is 1.71 bits per heavy atom. The van der Waals surface area contributed by atoms with Crippen LogP contribution in [0.2, 0.25) is 0 Å². The van der Waals surface area contributed by atoms with Crippen molar-refractivity contribution in [3.05, 3.63) is 65.9 Å². The van der Waals surface area contributed by atoms with Gasteiger partial charge in [0.1, 0.15) is 5.75 Å². The van der Waals surface area contributed by atoms with Crippen LogP contribution in [0.5, 0.6) is 5.75 Å². The SMILES string of the molecule is COc1ccc(-n2nc(C(C)C)cc2-c2ccc(CNS(C)(=O)=O)cc2)cc1. The molecule has 1 heterocycles. The lowest BCUT2D eigenvalue weighted by molar-refractivity contribution is 0.414. The molecular formula is C21H25N3O3S. The second-order valence-corrected chi connectivity index (χ2v) is 8.84. The monoisotopic (exact) mass is 399 g/mol. The Labute approximate surface area is 166 Å². The Morgan fingerprint density at radius 1 is 1.07 bits per heavy atom. The predicted molar refractivity (Wildman–Crippen MR) is 111 cm³/mol. The van der Waals surface area contributed by atoms with Gasteiger partial charge < -0.3 is 4.74 Å². The molecule has 3 rings (SSSR count). The minimum absolute atomic E-state index is 0.272. The molecule has 0 spiro atoms. The Kier molecular flexibility index (Phi) is 5.86. The summed E-state index contributed by atoms with van der Waals surface area (Å²) in [4.78, 5) is 0. The predicted octanol–water partition coefficient (Wildman–Crippen LogP) is 3.72. The molecule has 0 saturated carbocycles. The lowest BCUT2D eigenvalue weighted by atomic mass is 10.1. The zero-order valence-corrected chi connectivity index (χ0v) is 17.3. The van der Waals surface area contributed by atoms with Crippen molar-refractivity contribution in [2.75, 3.05) is 13.4 Å². The van der Waals surface area contributed by atoms with E-state index in [9.17, 15) is 8.42 Å². The summed E-state index contributed by atoms with van der Waals surface area (Å²) in [7, 11) is -1.57. The fraction of sp³-hybridized carbons (Fsp3) is 0.286. The number of sulfonamides is 1. The Bertz CT molecular complexity index is 1040. The van der Waals surface area contributed by atoms with Gasteiger partial charge in [-0.3, -0.25) is 0 Å². The van der Waals surface area contributed by atoms with Crippen molar-refractivity contribution < 1.29 is 13.2 Å². The highest BCUT2D eigenvalue weighted by Crippen LogP contribution is 2.28. The van der Waals surface area contributed by atoms with Crippen molar-refractivity contribution in [1.29, 1.82) is 0 Å². The van der Waals surface area contributed by atoms with Crippen LogP contribution in [0.3, 0.4) is 0 Å². The minimum atomic E-state index is -3.21. The van der Waals surface area contributed by atoms with E-state index in [4.69, 9.17) is 9.84 Å². The van der Waals surface area contributed by atoms with E-state index in [1.807, 2.05) is 53.2 Å². The van der Waals surface area contributed by atoms with Gasteiger partial charge in [-0.2, -0.15) is 5.10 Å². The van der Waals surface area contributed by atoms with Crippen LogP contribution in [0.15, 0.2) is 54.6 Å². The van der Waals surface area contributed by atoms with E-state index in [1.165, 1.54) is 0 Å². The molecule has 0 bridgehead atoms. The lowest BCUT2D eigenvalue weighted by Gasteiger charge is -2.09. The Balaban J connectivity index is 1.96. The standard InChI is InChI=1S/C21H25N3O3S/c1-15(2)20-13-21(24(23-20)18-9-11-19(27-3)12-10-18)17-7-5-16(6-8-17)14-22-28(4,25)26/h5-13,15,22H,14H2,1-4H3. The van der Waals surface area contributed by atoms with Gasteiger partial charge in [0.25, 0.3) is 0 Å². The number of ether oxygens (including phenoxy) is 1. The second kappa shape index (κ2) is 8.16. The van der Waals surface area contributed by atoms with Gasteiger partial charge >= 0.3 is 0 Å². The molecule has 0 unspecified atom stereocenters. The first-order valence-electron chi connectivity index (χ1n) is 9.05. The van der Waals surface area contributed by atoms with Crippen molar-refractivity contribution in [2.24, 2.45) is 0 Å². The Hall–Kier alpha value is -2.64. The third-order valence-electron chi connectivity index (χ3n) is 4.42. The van der Waals surface area contributed by atoms with Gasteiger partial charge in [0.15, 0.2) is 0 Å². The van der Waals surface area contributed by atoms with Gasteiger partial charge in [-0.15, -0.1) is 0 Å². The highest BCUT2D eigenvalue weighted by Gasteiger charge is 2.14. The van der Waals surface area contributed by atoms with Gasteiger partial charge in [-0.1, -0.05) is 38.1 Å². The van der Waals surface area contributed by atoms with Crippen LogP contribution in [-0.2, 0) is 16.6 Å². The van der Waals surface area contributed by atoms with E-state index in [0.717, 1.165) is 40.2 Å². The van der Waals surface area contributed by atoms with E-state index in [0.29, 0.717) is 5.92 Å². The van der Waals surface area contributed by atoms with Gasteiger partial charge in [0.05, 0.1) is 30.4 Å². The van der Waals surface area contributed by atoms with Crippen LogP contribution in [0, 0.1) is 0 Å². The summed E-state index contributed by atoms with van der Waals surface area (Å²) in [5.74, 6) is 1.10. The number of benzene rings is 2. The number of rotatable bonds is 7. The molecule has 1 N–H and O–H groups in total. The molecule has 1 aromatic heterocycles. The number of hydrogen-bond acceptors (Lipinski definition) is 4. The fourth-order valence-corrected chi connectivity index (χ4v) is 3.24. The maximum atomic E-state index is 11.3. The van der Waals surface area contributed by atoms with Crippen molar-refractivity contribution in [1.82, 2.24) is 14.5 Å². The largest absolute Gasteiger partial charge is 0.497 e. The summed E-state index contributed by atoms with van der Waals surface area (Å²) in [6.07, 6.45) is 1.15. The van der Waals surface area contributed by atoms with E-state index >= 15 is 0 Å². The van der Waals surface area contributed by atoms with Gasteiger partial charge in [-0.25, -0.2) is 17.8 Å². The number of methoxy groups -OCH3 is 1. The summed E-state index contributed by atoms with van der Waals surface area (Å²) in [6, 6.07) is 17.7. The molecule has 0 aliphatic rings. The van der Waals surface area contributed by atoms with Crippen LogP contribution in [-0.4, -0.2) is 31.6 Å². The number of nitrogens with one attached hydrogen (secondary N) is 1. The average molecular weight is 400 g/mol. The van der Waals surface area contributed by atoms with Crippen molar-refractivity contribution in [2.45, 2.75) is 26.3 Å². The average Bonchev–Trinajstić information content (AvgIpc) is 3.12. The number of aromatic nitrogens is 2. The number of hydrogen-bond donors (Lipinski definition) is 1. The molecule has 0 fully saturated rings. The topological polar surface area (TPSA) is 73.2 Å². The molecule has 6 nitrogen and oxygen atoms in total. The molecule has 0 aliphatic heterocycles. The van der Waals surface area contributed by atoms with Crippen LogP contribution >= 0.6 is 0 Å². The molecule has 2 aromatic carbocycles. The van der Waals surface area contributed by atoms with E-state index in [-0.39, 0.29) is 6.54 Å². The molecule has 28 heavy (non-hydrogen) atoms. The Morgan fingerprint density at radius 3 is 2.25 bits per heavy atom. The maximum absolute atomic E-state index is 11.3. The molecular weight excluding hydrogens is 374 g/mol. The molecule has 0 radical (unpaired) electrons. The summed E-state index contributed by atoms with van der Waals surface area (Å²) in [5, 5.41) is 4.79. The van der Waals surface area contributed by atoms with Crippen LogP contribution in [0.4, 0.5) is 0 Å². The summed E-state index contributed by atoms with van der Waals surface area (Å²) in [5.41, 5.74) is 4.85. The molecule has 0 atom stereocenters. The van der Waals surface area contributed by atoms with Crippen LogP contribution in [0.1, 0.15) is 31.0 Å². The number of nitrogens with zero attached hydrogens (tertiary/aromatic N) is 2. The minimum Gasteiger partial charge on any atom is -0.497 e. The molecule has 3 aromatic rings. The zero-order valence-electron chi connectivity index (χ0n) is 16.5. The molecule has 0 saturated heterocycles. The summed E-state index contributed by atoms with van der Waals surface area (Å²) in [6.45, 7) is 4.50.